The van der Waals surface area contributed by atoms with E-state index in [2.05, 4.69) is 0 Å². The van der Waals surface area contributed by atoms with Crippen LogP contribution in [0, 0.1) is 10.1 Å². The van der Waals surface area contributed by atoms with Crippen molar-refractivity contribution in [3.63, 3.8) is 0 Å². The molecule has 0 rings (SSSR count). The second kappa shape index (κ2) is 5.78. The predicted molar refractivity (Wildman–Crippen MR) is 52.6 cm³/mol. The first kappa shape index (κ1) is 16.3. The minimum Gasteiger partial charge on any atom is -0.481 e. The Bertz CT molecular complexity index is 335. The molecule has 0 aromatic carbocycles. The SMILES string of the molecule is CC(=O)CCC(CCC(=O)O)([N+](=O)[O-])C(F)(F)F. The first-order chi connectivity index (χ1) is 8.03. The van der Waals surface area contributed by atoms with Crippen LogP contribution in [0.25, 0.3) is 0 Å². The van der Waals surface area contributed by atoms with Crippen LogP contribution in [0.15, 0.2) is 0 Å². The molecule has 1 unspecified atom stereocenters. The van der Waals surface area contributed by atoms with Crippen molar-refractivity contribution in [2.24, 2.45) is 0 Å². The first-order valence-corrected chi connectivity index (χ1v) is 4.95. The van der Waals surface area contributed by atoms with Gasteiger partial charge >= 0.3 is 17.7 Å². The van der Waals surface area contributed by atoms with Gasteiger partial charge in [0.25, 0.3) is 0 Å². The maximum absolute atomic E-state index is 12.8. The number of carbonyl (C=O) groups is 2. The van der Waals surface area contributed by atoms with Crippen molar-refractivity contribution in [2.75, 3.05) is 0 Å². The standard InChI is InChI=1S/C9H12F3NO5/c1-6(14)2-4-8(13(17)18,9(10,11)12)5-3-7(15)16/h2-5H2,1H3,(H,15,16). The van der Waals surface area contributed by atoms with Crippen LogP contribution in [0.3, 0.4) is 0 Å². The number of halogens is 3. The van der Waals surface area contributed by atoms with Crippen LogP contribution in [-0.4, -0.2) is 33.5 Å². The van der Waals surface area contributed by atoms with E-state index in [0.29, 0.717) is 0 Å². The highest BCUT2D eigenvalue weighted by Crippen LogP contribution is 2.40. The number of carboxylic acids is 1. The number of alkyl halides is 3. The Hall–Kier alpha value is -1.67. The Morgan fingerprint density at radius 2 is 1.67 bits per heavy atom. The van der Waals surface area contributed by atoms with Gasteiger partial charge in [-0.3, -0.25) is 14.9 Å². The predicted octanol–water partition coefficient (Wildman–Crippen LogP) is 1.80. The van der Waals surface area contributed by atoms with Crippen molar-refractivity contribution in [1.82, 2.24) is 0 Å². The largest absolute Gasteiger partial charge is 0.481 e. The lowest BCUT2D eigenvalue weighted by Crippen LogP contribution is -2.52. The van der Waals surface area contributed by atoms with Crippen LogP contribution in [0.4, 0.5) is 13.2 Å². The number of hydrogen-bond acceptors (Lipinski definition) is 4. The molecule has 104 valence electrons. The number of nitro groups is 1. The molecule has 0 saturated carbocycles. The Kier molecular flexibility index (Phi) is 5.25. The van der Waals surface area contributed by atoms with E-state index in [1.54, 1.807) is 0 Å². The number of aliphatic carboxylic acids is 1. The van der Waals surface area contributed by atoms with Crippen LogP contribution >= 0.6 is 0 Å². The average molecular weight is 271 g/mol. The first-order valence-electron chi connectivity index (χ1n) is 4.95. The molecule has 1 N–H and O–H groups in total. The molecule has 1 atom stereocenters. The van der Waals surface area contributed by atoms with E-state index >= 15 is 0 Å². The van der Waals surface area contributed by atoms with Gasteiger partial charge in [-0.05, 0) is 6.92 Å². The fourth-order valence-corrected chi connectivity index (χ4v) is 1.39. The number of hydrogen-bond donors (Lipinski definition) is 1. The summed E-state index contributed by atoms with van der Waals surface area (Å²) in [5.41, 5.74) is -3.38. The number of Topliss-reactive ketones (excluding diaryl/α,β-unsaturated/α-hetero) is 1. The molecule has 0 aromatic heterocycles. The zero-order chi connectivity index (χ0) is 14.6. The highest BCUT2D eigenvalue weighted by molar-refractivity contribution is 5.75. The molecule has 0 aliphatic carbocycles. The average Bonchev–Trinajstić information content (AvgIpc) is 2.14. The fraction of sp³-hybridized carbons (Fsp3) is 0.778. The molecule has 0 aliphatic rings. The number of carbonyl (C=O) groups excluding carboxylic acids is 1. The van der Waals surface area contributed by atoms with E-state index in [1.807, 2.05) is 0 Å². The Morgan fingerprint density at radius 1 is 1.22 bits per heavy atom. The number of rotatable bonds is 7. The second-order valence-corrected chi connectivity index (χ2v) is 3.88. The Balaban J connectivity index is 5.23. The molecule has 0 fully saturated rings. The third kappa shape index (κ3) is 3.97. The lowest BCUT2D eigenvalue weighted by molar-refractivity contribution is -0.615. The number of carboxylic acid groups (broad SMARTS) is 1. The van der Waals surface area contributed by atoms with Crippen molar-refractivity contribution in [1.29, 1.82) is 0 Å². The Labute approximate surface area is 99.9 Å². The van der Waals surface area contributed by atoms with E-state index in [9.17, 15) is 32.9 Å². The van der Waals surface area contributed by atoms with E-state index in [1.165, 1.54) is 0 Å². The zero-order valence-electron chi connectivity index (χ0n) is 9.49. The minimum atomic E-state index is -5.21. The van der Waals surface area contributed by atoms with E-state index in [-0.39, 0.29) is 0 Å². The molecule has 0 bridgehead atoms. The monoisotopic (exact) mass is 271 g/mol. The summed E-state index contributed by atoms with van der Waals surface area (Å²) >= 11 is 0. The van der Waals surface area contributed by atoms with Crippen LogP contribution in [0.2, 0.25) is 0 Å². The molecule has 6 nitrogen and oxygen atoms in total. The van der Waals surface area contributed by atoms with Crippen molar-refractivity contribution in [3.05, 3.63) is 10.1 Å². The maximum Gasteiger partial charge on any atom is 0.460 e. The summed E-state index contributed by atoms with van der Waals surface area (Å²) in [6.07, 6.45) is -9.06. The molecule has 18 heavy (non-hydrogen) atoms. The van der Waals surface area contributed by atoms with Gasteiger partial charge in [0.1, 0.15) is 5.78 Å². The Morgan fingerprint density at radius 3 is 1.94 bits per heavy atom. The summed E-state index contributed by atoms with van der Waals surface area (Å²) in [5.74, 6) is -2.19. The van der Waals surface area contributed by atoms with Crippen molar-refractivity contribution in [3.8, 4) is 0 Å². The molecular formula is C9H12F3NO5. The fourth-order valence-electron chi connectivity index (χ4n) is 1.39. The lowest BCUT2D eigenvalue weighted by atomic mass is 9.87. The summed E-state index contributed by atoms with van der Waals surface area (Å²) in [5, 5.41) is 19.0. The molecule has 0 aliphatic heterocycles. The smallest absolute Gasteiger partial charge is 0.460 e. The van der Waals surface area contributed by atoms with Gasteiger partial charge in [-0.15, -0.1) is 0 Å². The summed E-state index contributed by atoms with van der Waals surface area (Å²) in [7, 11) is 0. The van der Waals surface area contributed by atoms with Crippen LogP contribution < -0.4 is 0 Å². The van der Waals surface area contributed by atoms with E-state index < -0.39 is 54.1 Å². The van der Waals surface area contributed by atoms with Crippen molar-refractivity contribution >= 4 is 11.8 Å². The normalized spacial score (nSPS) is 14.9. The number of nitrogens with zero attached hydrogens (tertiary/aromatic N) is 1. The van der Waals surface area contributed by atoms with Gasteiger partial charge in [-0.2, -0.15) is 13.2 Å². The molecule has 0 saturated heterocycles. The zero-order valence-corrected chi connectivity index (χ0v) is 9.49. The van der Waals surface area contributed by atoms with Gasteiger partial charge in [0.15, 0.2) is 0 Å². The minimum absolute atomic E-state index is 0.624. The van der Waals surface area contributed by atoms with Gasteiger partial charge in [-0.25, -0.2) is 0 Å². The molecule has 0 amide bonds. The number of ketones is 1. The van der Waals surface area contributed by atoms with Gasteiger partial charge in [-0.1, -0.05) is 0 Å². The highest BCUT2D eigenvalue weighted by Gasteiger charge is 2.65. The van der Waals surface area contributed by atoms with Gasteiger partial charge < -0.3 is 9.90 Å². The van der Waals surface area contributed by atoms with Gasteiger partial charge in [0, 0.05) is 24.2 Å². The van der Waals surface area contributed by atoms with E-state index in [0.717, 1.165) is 6.92 Å². The summed E-state index contributed by atoms with van der Waals surface area (Å²) < 4.78 is 38.3. The summed E-state index contributed by atoms with van der Waals surface area (Å²) in [6.45, 7) is 1.01. The molecule has 0 spiro atoms. The van der Waals surface area contributed by atoms with Crippen molar-refractivity contribution in [2.45, 2.75) is 44.3 Å². The van der Waals surface area contributed by atoms with Crippen LogP contribution in [0.5, 0.6) is 0 Å². The highest BCUT2D eigenvalue weighted by atomic mass is 19.4. The molecule has 0 heterocycles. The van der Waals surface area contributed by atoms with E-state index in [4.69, 9.17) is 5.11 Å². The second-order valence-electron chi connectivity index (χ2n) is 3.88. The summed E-state index contributed by atoms with van der Waals surface area (Å²) in [4.78, 5) is 30.1. The molecule has 0 aromatic rings. The maximum atomic E-state index is 12.8. The van der Waals surface area contributed by atoms with Crippen LogP contribution in [-0.2, 0) is 9.59 Å². The third-order valence-electron chi connectivity index (χ3n) is 2.52. The molecule has 9 heteroatoms. The summed E-state index contributed by atoms with van der Waals surface area (Å²) in [6, 6.07) is 0. The lowest BCUT2D eigenvalue weighted by Gasteiger charge is -2.26. The molecule has 0 radical (unpaired) electrons. The topological polar surface area (TPSA) is 97.5 Å². The van der Waals surface area contributed by atoms with Gasteiger partial charge in [0.05, 0.1) is 6.42 Å². The van der Waals surface area contributed by atoms with Gasteiger partial charge in [0.2, 0.25) is 0 Å². The third-order valence-corrected chi connectivity index (χ3v) is 2.52. The van der Waals surface area contributed by atoms with Crippen LogP contribution in [0.1, 0.15) is 32.6 Å². The molecular weight excluding hydrogens is 259 g/mol. The van der Waals surface area contributed by atoms with Crippen molar-refractivity contribution < 1.29 is 32.8 Å². The quantitative estimate of drug-likeness (QED) is 0.562.